The number of aromatic hydroxyl groups is 2. The van der Waals surface area contributed by atoms with Crippen LogP contribution in [0.2, 0.25) is 0 Å². The maximum absolute atomic E-state index is 10.4. The van der Waals surface area contributed by atoms with Gasteiger partial charge in [0.15, 0.2) is 11.5 Å². The van der Waals surface area contributed by atoms with Gasteiger partial charge in [-0.05, 0) is 36.2 Å². The number of para-hydroxylation sites is 1. The topological polar surface area (TPSA) is 147 Å². The zero-order chi connectivity index (χ0) is 17.4. The molecule has 0 heterocycles. The molecule has 0 aromatic heterocycles. The van der Waals surface area contributed by atoms with E-state index in [0.717, 1.165) is 0 Å². The third-order valence-electron chi connectivity index (χ3n) is 2.80. The van der Waals surface area contributed by atoms with E-state index in [2.05, 4.69) is 0 Å². The molecule has 1 atom stereocenters. The van der Waals surface area contributed by atoms with Gasteiger partial charge in [-0.1, -0.05) is 24.3 Å². The largest absolute Gasteiger partial charge is 0.504 e. The van der Waals surface area contributed by atoms with E-state index in [-0.39, 0.29) is 23.1 Å². The molecular weight excluding hydrogens is 304 g/mol. The summed E-state index contributed by atoms with van der Waals surface area (Å²) in [6.07, 6.45) is 0.114. The summed E-state index contributed by atoms with van der Waals surface area (Å²) < 4.78 is 0. The zero-order valence-corrected chi connectivity index (χ0v) is 12.1. The van der Waals surface area contributed by atoms with Crippen molar-refractivity contribution in [2.75, 3.05) is 5.23 Å². The molecule has 2 aromatic carbocycles. The van der Waals surface area contributed by atoms with Crippen LogP contribution in [0.1, 0.15) is 5.56 Å². The van der Waals surface area contributed by atoms with E-state index >= 15 is 0 Å². The highest BCUT2D eigenvalue weighted by Gasteiger charge is 2.12. The fraction of sp³-hybridized carbons (Fsp3) is 0.133. The Morgan fingerprint density at radius 2 is 1.65 bits per heavy atom. The second-order valence-electron chi connectivity index (χ2n) is 4.60. The lowest BCUT2D eigenvalue weighted by molar-refractivity contribution is -0.138. The fourth-order valence-corrected chi connectivity index (χ4v) is 1.60. The monoisotopic (exact) mass is 322 g/mol. The van der Waals surface area contributed by atoms with Crippen LogP contribution in [0.15, 0.2) is 48.5 Å². The SMILES string of the molecule is N[C@@H](Cc1ccc(O)c(O)c1)C(=O)O.ON(O)c1ccccc1. The molecule has 23 heavy (non-hydrogen) atoms. The van der Waals surface area contributed by atoms with Crippen molar-refractivity contribution in [1.29, 1.82) is 0 Å². The first-order chi connectivity index (χ1) is 10.8. The van der Waals surface area contributed by atoms with E-state index in [0.29, 0.717) is 11.3 Å². The minimum atomic E-state index is -1.10. The Kier molecular flexibility index (Phi) is 6.81. The predicted molar refractivity (Wildman–Crippen MR) is 81.6 cm³/mol. The molecule has 8 nitrogen and oxygen atoms in total. The molecule has 0 saturated carbocycles. The first-order valence-corrected chi connectivity index (χ1v) is 6.53. The number of hydrogen-bond acceptors (Lipinski definition) is 7. The molecule has 0 amide bonds. The van der Waals surface area contributed by atoms with Gasteiger partial charge in [0.1, 0.15) is 6.04 Å². The number of rotatable bonds is 4. The maximum Gasteiger partial charge on any atom is 0.320 e. The van der Waals surface area contributed by atoms with Gasteiger partial charge in [-0.2, -0.15) is 0 Å². The van der Waals surface area contributed by atoms with Gasteiger partial charge in [0.05, 0.1) is 5.69 Å². The van der Waals surface area contributed by atoms with E-state index < -0.39 is 12.0 Å². The minimum absolute atomic E-state index is 0.0833. The van der Waals surface area contributed by atoms with E-state index in [1.165, 1.54) is 18.2 Å². The Labute approximate surface area is 132 Å². The summed E-state index contributed by atoms with van der Waals surface area (Å²) in [7, 11) is 0. The Hall–Kier alpha value is -2.81. The molecule has 0 aliphatic heterocycles. The number of phenolic OH excluding ortho intramolecular Hbond substituents is 2. The number of nitrogens with two attached hydrogens (primary N) is 1. The average molecular weight is 322 g/mol. The van der Waals surface area contributed by atoms with Crippen LogP contribution < -0.4 is 11.0 Å². The summed E-state index contributed by atoms with van der Waals surface area (Å²) >= 11 is 0. The van der Waals surface area contributed by atoms with Gasteiger partial charge in [0, 0.05) is 0 Å². The minimum Gasteiger partial charge on any atom is -0.504 e. The van der Waals surface area contributed by atoms with Crippen LogP contribution in [-0.4, -0.2) is 37.7 Å². The molecule has 0 fully saturated rings. The number of benzene rings is 2. The lowest BCUT2D eigenvalue weighted by Gasteiger charge is -2.06. The third-order valence-corrected chi connectivity index (χ3v) is 2.80. The van der Waals surface area contributed by atoms with Crippen molar-refractivity contribution < 1.29 is 30.5 Å². The average Bonchev–Trinajstić information content (AvgIpc) is 2.52. The number of phenols is 2. The Balaban J connectivity index is 0.000000253. The summed E-state index contributed by atoms with van der Waals surface area (Å²) in [5, 5.41) is 43.5. The number of hydrogen-bond donors (Lipinski definition) is 6. The van der Waals surface area contributed by atoms with Crippen molar-refractivity contribution in [2.45, 2.75) is 12.5 Å². The van der Waals surface area contributed by atoms with E-state index in [1.807, 2.05) is 0 Å². The molecule has 8 heteroatoms. The van der Waals surface area contributed by atoms with Crippen LogP contribution in [0.4, 0.5) is 5.69 Å². The highest BCUT2D eigenvalue weighted by Crippen LogP contribution is 2.25. The molecule has 0 spiro atoms. The standard InChI is InChI=1S/C9H11NO4.C6H7NO2/c10-6(9(13)14)3-5-1-2-7(11)8(12)4-5;8-7(9)6-4-2-1-3-5-6/h1-2,4,6,11-12H,3,10H2,(H,13,14);1-5,8-9H/t6-;/m0./s1. The highest BCUT2D eigenvalue weighted by atomic mass is 16.8. The predicted octanol–water partition coefficient (Wildman–Crippen LogP) is 1.32. The van der Waals surface area contributed by atoms with Crippen molar-refractivity contribution in [2.24, 2.45) is 5.73 Å². The number of carboxylic acids is 1. The summed E-state index contributed by atoms with van der Waals surface area (Å²) in [6, 6.07) is 11.5. The number of aliphatic carboxylic acids is 1. The van der Waals surface area contributed by atoms with Crippen molar-refractivity contribution in [3.8, 4) is 11.5 Å². The quantitative estimate of drug-likeness (QED) is 0.365. The van der Waals surface area contributed by atoms with Crippen LogP contribution in [0.5, 0.6) is 11.5 Å². The van der Waals surface area contributed by atoms with Crippen molar-refractivity contribution in [3.63, 3.8) is 0 Å². The van der Waals surface area contributed by atoms with Crippen LogP contribution >= 0.6 is 0 Å². The van der Waals surface area contributed by atoms with E-state index in [9.17, 15) is 4.79 Å². The van der Waals surface area contributed by atoms with E-state index in [1.54, 1.807) is 30.3 Å². The molecule has 0 bridgehead atoms. The number of anilines is 1. The van der Waals surface area contributed by atoms with Crippen molar-refractivity contribution >= 4 is 11.7 Å². The van der Waals surface area contributed by atoms with Gasteiger partial charge in [0.25, 0.3) is 0 Å². The van der Waals surface area contributed by atoms with Gasteiger partial charge in [-0.15, -0.1) is 5.23 Å². The van der Waals surface area contributed by atoms with Gasteiger partial charge >= 0.3 is 5.97 Å². The number of nitrogens with zero attached hydrogens (tertiary/aromatic N) is 1. The lowest BCUT2D eigenvalue weighted by atomic mass is 10.1. The maximum atomic E-state index is 10.4. The molecule has 2 aromatic rings. The van der Waals surface area contributed by atoms with E-state index in [4.69, 9.17) is 31.5 Å². The second kappa shape index (κ2) is 8.59. The second-order valence-corrected chi connectivity index (χ2v) is 4.60. The van der Waals surface area contributed by atoms with Crippen molar-refractivity contribution in [1.82, 2.24) is 0 Å². The Morgan fingerprint density at radius 1 is 1.04 bits per heavy atom. The molecule has 0 saturated heterocycles. The Bertz CT molecular complexity index is 633. The van der Waals surface area contributed by atoms with Gasteiger partial charge in [-0.25, -0.2) is 0 Å². The van der Waals surface area contributed by atoms with Crippen molar-refractivity contribution in [3.05, 3.63) is 54.1 Å². The zero-order valence-electron chi connectivity index (χ0n) is 12.1. The first kappa shape index (κ1) is 18.2. The van der Waals surface area contributed by atoms with Crippen LogP contribution in [0.3, 0.4) is 0 Å². The molecule has 0 radical (unpaired) electrons. The molecule has 0 aliphatic rings. The fourth-order valence-electron chi connectivity index (χ4n) is 1.60. The molecule has 7 N–H and O–H groups in total. The summed E-state index contributed by atoms with van der Waals surface area (Å²) in [4.78, 5) is 10.4. The molecule has 2 rings (SSSR count). The molecule has 0 unspecified atom stereocenters. The van der Waals surface area contributed by atoms with Crippen LogP contribution in [-0.2, 0) is 11.2 Å². The summed E-state index contributed by atoms with van der Waals surface area (Å²) in [5.74, 6) is -1.62. The summed E-state index contributed by atoms with van der Waals surface area (Å²) in [6.45, 7) is 0. The lowest BCUT2D eigenvalue weighted by Crippen LogP contribution is -2.32. The molecule has 0 aliphatic carbocycles. The first-order valence-electron chi connectivity index (χ1n) is 6.53. The van der Waals surface area contributed by atoms with Gasteiger partial charge in [-0.3, -0.25) is 15.2 Å². The van der Waals surface area contributed by atoms with Crippen LogP contribution in [0.25, 0.3) is 0 Å². The number of carboxylic acid groups (broad SMARTS) is 1. The molecular formula is C15H18N2O6. The summed E-state index contributed by atoms with van der Waals surface area (Å²) in [5.41, 5.74) is 6.22. The normalized spacial score (nSPS) is 11.1. The Morgan fingerprint density at radius 3 is 2.09 bits per heavy atom. The number of carbonyl (C=O) groups is 1. The third kappa shape index (κ3) is 6.22. The molecule has 124 valence electrons. The van der Waals surface area contributed by atoms with Gasteiger partial charge in [0.2, 0.25) is 0 Å². The van der Waals surface area contributed by atoms with Crippen LogP contribution in [0, 0.1) is 0 Å². The smallest absolute Gasteiger partial charge is 0.320 e. The highest BCUT2D eigenvalue weighted by molar-refractivity contribution is 5.73. The van der Waals surface area contributed by atoms with Gasteiger partial charge < -0.3 is 21.1 Å².